The molecule has 0 bridgehead atoms. The quantitative estimate of drug-likeness (QED) is 0.637. The fraction of sp³-hybridized carbons (Fsp3) is 0.235. The molecule has 98 valence electrons. The van der Waals surface area contributed by atoms with Crippen molar-refractivity contribution in [2.75, 3.05) is 0 Å². The third kappa shape index (κ3) is 3.02. The molecule has 1 N–H and O–H groups in total. The summed E-state index contributed by atoms with van der Waals surface area (Å²) in [5.41, 5.74) is 4.25. The molecule has 0 radical (unpaired) electrons. The first-order valence-corrected chi connectivity index (χ1v) is 6.50. The maximum absolute atomic E-state index is 8.04. The van der Waals surface area contributed by atoms with E-state index in [2.05, 4.69) is 18.2 Å². The maximum Gasteiger partial charge on any atom is 0.213 e. The van der Waals surface area contributed by atoms with Crippen molar-refractivity contribution in [1.29, 1.82) is 5.41 Å². The second kappa shape index (κ2) is 5.70. The molecular weight excluding hydrogens is 234 g/mol. The Balaban J connectivity index is 2.42. The second-order valence-electron chi connectivity index (χ2n) is 4.84. The van der Waals surface area contributed by atoms with Gasteiger partial charge in [0, 0.05) is 5.56 Å². The Bertz CT molecular complexity index is 573. The molecule has 2 heteroatoms. The summed E-state index contributed by atoms with van der Waals surface area (Å²) in [4.78, 5) is 0. The highest BCUT2D eigenvalue weighted by Crippen LogP contribution is 2.26. The molecule has 2 nitrogen and oxygen atoms in total. The molecule has 0 heterocycles. The topological polar surface area (TPSA) is 33.1 Å². The summed E-state index contributed by atoms with van der Waals surface area (Å²) in [7, 11) is 0. The first kappa shape index (κ1) is 13.3. The van der Waals surface area contributed by atoms with E-state index in [-0.39, 0.29) is 12.0 Å². The molecule has 2 aromatic carbocycles. The Morgan fingerprint density at radius 1 is 1.00 bits per heavy atom. The summed E-state index contributed by atoms with van der Waals surface area (Å²) >= 11 is 0. The molecule has 2 aromatic rings. The first-order chi connectivity index (χ1) is 9.09. The van der Waals surface area contributed by atoms with Gasteiger partial charge in [-0.3, -0.25) is 5.41 Å². The average Bonchev–Trinajstić information content (AvgIpc) is 2.39. The van der Waals surface area contributed by atoms with Gasteiger partial charge in [0.1, 0.15) is 0 Å². The Morgan fingerprint density at radius 2 is 1.68 bits per heavy atom. The number of benzene rings is 2. The third-order valence-electron chi connectivity index (χ3n) is 3.02. The smallest absolute Gasteiger partial charge is 0.213 e. The number of rotatable bonds is 3. The van der Waals surface area contributed by atoms with Gasteiger partial charge in [-0.2, -0.15) is 0 Å². The van der Waals surface area contributed by atoms with Crippen molar-refractivity contribution in [3.8, 4) is 11.1 Å². The van der Waals surface area contributed by atoms with Crippen molar-refractivity contribution in [1.82, 2.24) is 0 Å². The van der Waals surface area contributed by atoms with Crippen LogP contribution in [0.15, 0.2) is 48.5 Å². The SMILES string of the molecule is Cc1c(C(=N)OC(C)C)cccc1-c1ccccc1. The van der Waals surface area contributed by atoms with E-state index in [0.717, 1.165) is 16.7 Å². The maximum atomic E-state index is 8.04. The molecule has 2 rings (SSSR count). The van der Waals surface area contributed by atoms with E-state index in [1.54, 1.807) is 0 Å². The van der Waals surface area contributed by atoms with Crippen molar-refractivity contribution >= 4 is 5.90 Å². The number of nitrogens with one attached hydrogen (secondary N) is 1. The van der Waals surface area contributed by atoms with E-state index in [9.17, 15) is 0 Å². The van der Waals surface area contributed by atoms with Crippen LogP contribution in [0.4, 0.5) is 0 Å². The van der Waals surface area contributed by atoms with E-state index < -0.39 is 0 Å². The normalized spacial score (nSPS) is 10.5. The van der Waals surface area contributed by atoms with Crippen LogP contribution < -0.4 is 0 Å². The summed E-state index contributed by atoms with van der Waals surface area (Å²) in [6.07, 6.45) is 0.0206. The largest absolute Gasteiger partial charge is 0.475 e. The zero-order valence-corrected chi connectivity index (χ0v) is 11.6. The molecule has 0 amide bonds. The van der Waals surface area contributed by atoms with Gasteiger partial charge in [-0.1, -0.05) is 42.5 Å². The van der Waals surface area contributed by atoms with Crippen molar-refractivity contribution in [3.63, 3.8) is 0 Å². The molecule has 0 aliphatic heterocycles. The second-order valence-corrected chi connectivity index (χ2v) is 4.84. The molecule has 0 aliphatic carbocycles. The van der Waals surface area contributed by atoms with Crippen LogP contribution in [0.1, 0.15) is 25.0 Å². The lowest BCUT2D eigenvalue weighted by Gasteiger charge is -2.15. The van der Waals surface area contributed by atoms with Gasteiger partial charge >= 0.3 is 0 Å². The zero-order chi connectivity index (χ0) is 13.8. The van der Waals surface area contributed by atoms with Crippen molar-refractivity contribution < 1.29 is 4.74 Å². The Morgan fingerprint density at radius 3 is 2.32 bits per heavy atom. The summed E-state index contributed by atoms with van der Waals surface area (Å²) in [5, 5.41) is 8.04. The molecule has 0 saturated carbocycles. The molecule has 0 aromatic heterocycles. The van der Waals surface area contributed by atoms with Crippen LogP contribution in [0, 0.1) is 12.3 Å². The van der Waals surface area contributed by atoms with Gasteiger partial charge in [0.25, 0.3) is 0 Å². The zero-order valence-electron chi connectivity index (χ0n) is 11.6. The average molecular weight is 253 g/mol. The molecule has 0 saturated heterocycles. The van der Waals surface area contributed by atoms with Crippen LogP contribution in [0.2, 0.25) is 0 Å². The fourth-order valence-electron chi connectivity index (χ4n) is 2.11. The van der Waals surface area contributed by atoms with E-state index >= 15 is 0 Å². The lowest BCUT2D eigenvalue weighted by atomic mass is 9.96. The van der Waals surface area contributed by atoms with Crippen LogP contribution in [0.25, 0.3) is 11.1 Å². The summed E-state index contributed by atoms with van der Waals surface area (Å²) in [6, 6.07) is 16.2. The predicted molar refractivity (Wildman–Crippen MR) is 79.7 cm³/mol. The molecule has 0 atom stereocenters. The van der Waals surface area contributed by atoms with E-state index in [1.165, 1.54) is 5.56 Å². The minimum absolute atomic E-state index is 0.0206. The van der Waals surface area contributed by atoms with Gasteiger partial charge in [0.15, 0.2) is 0 Å². The van der Waals surface area contributed by atoms with Gasteiger partial charge in [-0.25, -0.2) is 0 Å². The fourth-order valence-corrected chi connectivity index (χ4v) is 2.11. The van der Waals surface area contributed by atoms with Gasteiger partial charge < -0.3 is 4.74 Å². The predicted octanol–water partition coefficient (Wildman–Crippen LogP) is 4.41. The van der Waals surface area contributed by atoms with Gasteiger partial charge in [0.2, 0.25) is 5.90 Å². The number of hydrogen-bond donors (Lipinski definition) is 1. The van der Waals surface area contributed by atoms with Crippen LogP contribution in [0.5, 0.6) is 0 Å². The van der Waals surface area contributed by atoms with Crippen molar-refractivity contribution in [2.24, 2.45) is 0 Å². The lowest BCUT2D eigenvalue weighted by Crippen LogP contribution is -2.13. The van der Waals surface area contributed by atoms with Gasteiger partial charge in [0.05, 0.1) is 6.10 Å². The summed E-state index contributed by atoms with van der Waals surface area (Å²) in [5.74, 6) is 0.241. The highest BCUT2D eigenvalue weighted by Gasteiger charge is 2.11. The molecule has 0 unspecified atom stereocenters. The van der Waals surface area contributed by atoms with Crippen LogP contribution in [-0.2, 0) is 4.74 Å². The Labute approximate surface area is 114 Å². The number of ether oxygens (including phenoxy) is 1. The minimum atomic E-state index is 0.0206. The van der Waals surface area contributed by atoms with Crippen molar-refractivity contribution in [3.05, 3.63) is 59.7 Å². The Kier molecular flexibility index (Phi) is 4.00. The van der Waals surface area contributed by atoms with Gasteiger partial charge in [-0.05, 0) is 43.5 Å². The molecule has 19 heavy (non-hydrogen) atoms. The number of hydrogen-bond acceptors (Lipinski definition) is 2. The monoisotopic (exact) mass is 253 g/mol. The Hall–Kier alpha value is -2.09. The molecular formula is C17H19NO. The van der Waals surface area contributed by atoms with E-state index in [4.69, 9.17) is 10.1 Å². The highest BCUT2D eigenvalue weighted by atomic mass is 16.5. The highest BCUT2D eigenvalue weighted by molar-refractivity contribution is 5.95. The first-order valence-electron chi connectivity index (χ1n) is 6.50. The van der Waals surface area contributed by atoms with Crippen molar-refractivity contribution in [2.45, 2.75) is 26.9 Å². The lowest BCUT2D eigenvalue weighted by molar-refractivity contribution is 0.227. The standard InChI is InChI=1S/C17H19NO/c1-12(2)19-17(18)16-11-7-10-15(13(16)3)14-8-5-4-6-9-14/h4-12,18H,1-3H3. The van der Waals surface area contributed by atoms with Gasteiger partial charge in [-0.15, -0.1) is 0 Å². The summed E-state index contributed by atoms with van der Waals surface area (Å²) < 4.78 is 5.49. The van der Waals surface area contributed by atoms with Crippen LogP contribution in [0.3, 0.4) is 0 Å². The molecule has 0 aliphatic rings. The van der Waals surface area contributed by atoms with E-state index in [0.29, 0.717) is 0 Å². The summed E-state index contributed by atoms with van der Waals surface area (Å²) in [6.45, 7) is 5.91. The van der Waals surface area contributed by atoms with Crippen LogP contribution >= 0.6 is 0 Å². The van der Waals surface area contributed by atoms with E-state index in [1.807, 2.05) is 51.1 Å². The third-order valence-corrected chi connectivity index (χ3v) is 3.02. The van der Waals surface area contributed by atoms with Crippen LogP contribution in [-0.4, -0.2) is 12.0 Å². The minimum Gasteiger partial charge on any atom is -0.475 e. The molecule has 0 fully saturated rings. The molecule has 0 spiro atoms.